The molecule has 1 aliphatic rings. The smallest absolute Gasteiger partial charge is 0.234 e. The van der Waals surface area contributed by atoms with Crippen molar-refractivity contribution in [1.29, 1.82) is 0 Å². The quantitative estimate of drug-likeness (QED) is 0.568. The summed E-state index contributed by atoms with van der Waals surface area (Å²) in [6.07, 6.45) is 0.992. The number of nitrogens with two attached hydrogens (primary N) is 1. The number of nitrogens with one attached hydrogen (secondary N) is 1. The van der Waals surface area contributed by atoms with Gasteiger partial charge in [0, 0.05) is 32.3 Å². The van der Waals surface area contributed by atoms with Crippen molar-refractivity contribution >= 4 is 5.91 Å². The lowest BCUT2D eigenvalue weighted by Crippen LogP contribution is -2.38. The Bertz CT molecular complexity index is 199. The molecule has 5 heteroatoms. The summed E-state index contributed by atoms with van der Waals surface area (Å²) >= 11 is 0. The number of carbonyl (C=O) groups excluding carboxylic acids is 1. The van der Waals surface area contributed by atoms with Gasteiger partial charge < -0.3 is 15.8 Å². The number of rotatable bonds is 6. The van der Waals surface area contributed by atoms with E-state index in [9.17, 15) is 4.79 Å². The molecule has 1 rings (SSSR count). The average Bonchev–Trinajstić information content (AvgIpc) is 2.59. The average molecular weight is 215 g/mol. The Hall–Kier alpha value is -0.650. The third-order valence-electron chi connectivity index (χ3n) is 2.45. The van der Waals surface area contributed by atoms with E-state index in [0.29, 0.717) is 26.3 Å². The van der Waals surface area contributed by atoms with Gasteiger partial charge in [-0.1, -0.05) is 0 Å². The maximum atomic E-state index is 11.4. The van der Waals surface area contributed by atoms with Crippen LogP contribution in [-0.2, 0) is 9.53 Å². The van der Waals surface area contributed by atoms with E-state index >= 15 is 0 Å². The van der Waals surface area contributed by atoms with Crippen molar-refractivity contribution in [3.05, 3.63) is 0 Å². The molecule has 0 aliphatic carbocycles. The lowest BCUT2D eigenvalue weighted by molar-refractivity contribution is -0.122. The highest BCUT2D eigenvalue weighted by atomic mass is 16.5. The maximum Gasteiger partial charge on any atom is 0.234 e. The Morgan fingerprint density at radius 3 is 3.07 bits per heavy atom. The van der Waals surface area contributed by atoms with Gasteiger partial charge in [-0.15, -0.1) is 0 Å². The molecule has 0 radical (unpaired) electrons. The minimum absolute atomic E-state index is 0.0591. The second kappa shape index (κ2) is 6.76. The van der Waals surface area contributed by atoms with Gasteiger partial charge in [0.1, 0.15) is 0 Å². The van der Waals surface area contributed by atoms with Crippen LogP contribution in [0.15, 0.2) is 0 Å². The highest BCUT2D eigenvalue weighted by molar-refractivity contribution is 5.78. The molecule has 88 valence electrons. The van der Waals surface area contributed by atoms with Crippen LogP contribution in [0.2, 0.25) is 0 Å². The summed E-state index contributed by atoms with van der Waals surface area (Å²) in [5.41, 5.74) is 5.75. The number of likely N-dealkylation sites (tertiary alicyclic amines) is 1. The largest absolute Gasteiger partial charge is 0.380 e. The van der Waals surface area contributed by atoms with Gasteiger partial charge in [0.25, 0.3) is 0 Å². The number of ether oxygens (including phenoxy) is 1. The standard InChI is InChI=1S/C10H21N3O2/c1-2-15-6-4-12-10(14)8-13-5-3-9(11)7-13/h9H,2-8,11H2,1H3,(H,12,14). The number of carbonyl (C=O) groups is 1. The van der Waals surface area contributed by atoms with E-state index in [4.69, 9.17) is 10.5 Å². The Labute approximate surface area is 90.9 Å². The van der Waals surface area contributed by atoms with Crippen molar-refractivity contribution < 1.29 is 9.53 Å². The van der Waals surface area contributed by atoms with Crippen LogP contribution >= 0.6 is 0 Å². The first-order chi connectivity index (χ1) is 7.22. The number of nitrogens with zero attached hydrogens (tertiary/aromatic N) is 1. The lowest BCUT2D eigenvalue weighted by Gasteiger charge is -2.14. The highest BCUT2D eigenvalue weighted by Gasteiger charge is 2.20. The topological polar surface area (TPSA) is 67.6 Å². The molecule has 0 bridgehead atoms. The van der Waals surface area contributed by atoms with E-state index in [2.05, 4.69) is 10.2 Å². The molecule has 0 aromatic heterocycles. The van der Waals surface area contributed by atoms with Crippen LogP contribution in [0.1, 0.15) is 13.3 Å². The number of hydrogen-bond acceptors (Lipinski definition) is 4. The van der Waals surface area contributed by atoms with Crippen molar-refractivity contribution in [2.45, 2.75) is 19.4 Å². The monoisotopic (exact) mass is 215 g/mol. The highest BCUT2D eigenvalue weighted by Crippen LogP contribution is 2.05. The van der Waals surface area contributed by atoms with Crippen LogP contribution in [0.3, 0.4) is 0 Å². The fourth-order valence-electron chi connectivity index (χ4n) is 1.67. The normalized spacial score (nSPS) is 21.9. The van der Waals surface area contributed by atoms with E-state index < -0.39 is 0 Å². The summed E-state index contributed by atoms with van der Waals surface area (Å²) in [5, 5.41) is 2.81. The maximum absolute atomic E-state index is 11.4. The van der Waals surface area contributed by atoms with Crippen LogP contribution in [0.25, 0.3) is 0 Å². The molecule has 1 unspecified atom stereocenters. The molecular weight excluding hydrogens is 194 g/mol. The van der Waals surface area contributed by atoms with E-state index in [1.807, 2.05) is 6.92 Å². The first-order valence-electron chi connectivity index (χ1n) is 5.54. The fourth-order valence-corrected chi connectivity index (χ4v) is 1.67. The lowest BCUT2D eigenvalue weighted by atomic mass is 10.3. The molecular formula is C10H21N3O2. The third-order valence-corrected chi connectivity index (χ3v) is 2.45. The molecule has 1 fully saturated rings. The summed E-state index contributed by atoms with van der Waals surface area (Å²) in [6.45, 7) is 6.03. The van der Waals surface area contributed by atoms with Crippen LogP contribution in [0.5, 0.6) is 0 Å². The first kappa shape index (κ1) is 12.4. The minimum atomic E-state index is 0.0591. The Kier molecular flexibility index (Phi) is 5.60. The second-order valence-electron chi connectivity index (χ2n) is 3.83. The molecule has 1 aliphatic heterocycles. The molecule has 15 heavy (non-hydrogen) atoms. The van der Waals surface area contributed by atoms with Crippen LogP contribution in [0, 0.1) is 0 Å². The Morgan fingerprint density at radius 1 is 1.67 bits per heavy atom. The molecule has 1 heterocycles. The summed E-state index contributed by atoms with van der Waals surface area (Å²) in [4.78, 5) is 13.5. The summed E-state index contributed by atoms with van der Waals surface area (Å²) in [5.74, 6) is 0.0591. The van der Waals surface area contributed by atoms with E-state index in [-0.39, 0.29) is 11.9 Å². The summed E-state index contributed by atoms with van der Waals surface area (Å²) < 4.78 is 5.12. The molecule has 5 nitrogen and oxygen atoms in total. The van der Waals surface area contributed by atoms with Crippen molar-refractivity contribution in [2.75, 3.05) is 39.4 Å². The van der Waals surface area contributed by atoms with Gasteiger partial charge in [-0.25, -0.2) is 0 Å². The third kappa shape index (κ3) is 5.11. The van der Waals surface area contributed by atoms with Gasteiger partial charge in [0.2, 0.25) is 5.91 Å². The SMILES string of the molecule is CCOCCNC(=O)CN1CCC(N)C1. The van der Waals surface area contributed by atoms with E-state index in [1.54, 1.807) is 0 Å². The fraction of sp³-hybridized carbons (Fsp3) is 0.900. The second-order valence-corrected chi connectivity index (χ2v) is 3.83. The van der Waals surface area contributed by atoms with Crippen molar-refractivity contribution in [1.82, 2.24) is 10.2 Å². The predicted molar refractivity (Wildman–Crippen MR) is 58.5 cm³/mol. The van der Waals surface area contributed by atoms with Gasteiger partial charge in [-0.3, -0.25) is 9.69 Å². The Morgan fingerprint density at radius 2 is 2.47 bits per heavy atom. The number of amides is 1. The van der Waals surface area contributed by atoms with Gasteiger partial charge in [0.05, 0.1) is 13.2 Å². The zero-order chi connectivity index (χ0) is 11.1. The minimum Gasteiger partial charge on any atom is -0.380 e. The van der Waals surface area contributed by atoms with Crippen LogP contribution in [0.4, 0.5) is 0 Å². The molecule has 1 atom stereocenters. The van der Waals surface area contributed by atoms with Crippen molar-refractivity contribution in [3.8, 4) is 0 Å². The van der Waals surface area contributed by atoms with Crippen molar-refractivity contribution in [3.63, 3.8) is 0 Å². The molecule has 0 aromatic carbocycles. The van der Waals surface area contributed by atoms with Gasteiger partial charge >= 0.3 is 0 Å². The van der Waals surface area contributed by atoms with Crippen LogP contribution in [-0.4, -0.2) is 56.2 Å². The van der Waals surface area contributed by atoms with E-state index in [0.717, 1.165) is 19.5 Å². The molecule has 0 saturated carbocycles. The van der Waals surface area contributed by atoms with Crippen molar-refractivity contribution in [2.24, 2.45) is 5.73 Å². The molecule has 1 saturated heterocycles. The summed E-state index contributed by atoms with van der Waals surface area (Å²) in [6, 6.07) is 0.237. The van der Waals surface area contributed by atoms with Gasteiger partial charge in [-0.2, -0.15) is 0 Å². The summed E-state index contributed by atoms with van der Waals surface area (Å²) in [7, 11) is 0. The zero-order valence-corrected chi connectivity index (χ0v) is 9.37. The first-order valence-corrected chi connectivity index (χ1v) is 5.54. The van der Waals surface area contributed by atoms with Gasteiger partial charge in [-0.05, 0) is 13.3 Å². The predicted octanol–water partition coefficient (Wildman–Crippen LogP) is -0.828. The van der Waals surface area contributed by atoms with Crippen LogP contribution < -0.4 is 11.1 Å². The zero-order valence-electron chi connectivity index (χ0n) is 9.37. The van der Waals surface area contributed by atoms with E-state index in [1.165, 1.54) is 0 Å². The Balaban J connectivity index is 2.03. The molecule has 0 aromatic rings. The molecule has 3 N–H and O–H groups in total. The molecule has 0 spiro atoms. The van der Waals surface area contributed by atoms with Gasteiger partial charge in [0.15, 0.2) is 0 Å². The number of hydrogen-bond donors (Lipinski definition) is 2. The molecule has 1 amide bonds.